The molecule has 1 fully saturated rings. The molecule has 1 saturated heterocycles. The van der Waals surface area contributed by atoms with E-state index in [0.29, 0.717) is 42.5 Å². The number of halogens is 1. The first kappa shape index (κ1) is 22.3. The van der Waals surface area contributed by atoms with Crippen LogP contribution >= 0.6 is 0 Å². The normalized spacial score (nSPS) is 19.4. The lowest BCUT2D eigenvalue weighted by Gasteiger charge is -2.34. The van der Waals surface area contributed by atoms with Gasteiger partial charge in [0, 0.05) is 50.7 Å². The summed E-state index contributed by atoms with van der Waals surface area (Å²) in [7, 11) is 2.05. The minimum Gasteiger partial charge on any atom is -0.493 e. The second-order valence-corrected chi connectivity index (χ2v) is 8.95. The fourth-order valence-corrected chi connectivity index (χ4v) is 4.51. The summed E-state index contributed by atoms with van der Waals surface area (Å²) in [5, 5.41) is 2.87. The minimum atomic E-state index is -0.385. The fraction of sp³-hybridized carbons (Fsp3) is 0.400. The molecular formula is C25H29FN6O2. The van der Waals surface area contributed by atoms with Crippen LogP contribution < -0.4 is 15.0 Å². The first-order chi connectivity index (χ1) is 16.5. The van der Waals surface area contributed by atoms with E-state index in [2.05, 4.69) is 31.7 Å². The number of carbonyl (C=O) groups excluding carboxylic acids is 1. The van der Waals surface area contributed by atoms with Gasteiger partial charge in [-0.05, 0) is 45.0 Å². The maximum Gasteiger partial charge on any atom is 0.260 e. The Morgan fingerprint density at radius 3 is 2.82 bits per heavy atom. The number of benzene rings is 1. The molecule has 4 heterocycles. The third-order valence-corrected chi connectivity index (χ3v) is 6.52. The summed E-state index contributed by atoms with van der Waals surface area (Å²) in [6, 6.07) is 8.58. The van der Waals surface area contributed by atoms with Crippen LogP contribution in [0, 0.1) is 5.82 Å². The predicted molar refractivity (Wildman–Crippen MR) is 129 cm³/mol. The summed E-state index contributed by atoms with van der Waals surface area (Å²) in [5.74, 6) is 0.634. The molecule has 0 unspecified atom stereocenters. The maximum absolute atomic E-state index is 15.1. The van der Waals surface area contributed by atoms with E-state index >= 15 is 4.39 Å². The number of likely N-dealkylation sites (N-methyl/N-ethyl adjacent to an activating group) is 1. The molecule has 8 nitrogen and oxygen atoms in total. The first-order valence-corrected chi connectivity index (χ1v) is 11.7. The Kier molecular flexibility index (Phi) is 6.19. The standard InChI is InChI=1S/C25H29FN6O2/c1-17-5-4-14-34-22-16-19(26)21(31-12-10-30(2)11-13-31)15-18(22)25(33)29-23-7-3-6-20(28-23)24-27-8-9-32(17)24/h3,6-9,15-17H,4-5,10-14H2,1-2H3,(H,28,29,33)/t17-/m0/s1. The number of piperazine rings is 1. The molecule has 0 radical (unpaired) electrons. The summed E-state index contributed by atoms with van der Waals surface area (Å²) in [4.78, 5) is 26.6. The maximum atomic E-state index is 15.1. The third kappa shape index (κ3) is 4.48. The smallest absolute Gasteiger partial charge is 0.260 e. The lowest BCUT2D eigenvalue weighted by molar-refractivity contribution is 0.102. The lowest BCUT2D eigenvalue weighted by Crippen LogP contribution is -2.44. The average Bonchev–Trinajstić information content (AvgIpc) is 3.32. The highest BCUT2D eigenvalue weighted by Gasteiger charge is 2.24. The third-order valence-electron chi connectivity index (χ3n) is 6.52. The molecule has 9 heteroatoms. The van der Waals surface area contributed by atoms with Crippen LogP contribution in [-0.4, -0.2) is 65.2 Å². The molecule has 0 spiro atoms. The minimum absolute atomic E-state index is 0.180. The molecular weight excluding hydrogens is 435 g/mol. The number of fused-ring (bicyclic) bond motifs is 5. The number of amides is 1. The molecule has 2 aliphatic heterocycles. The van der Waals surface area contributed by atoms with Crippen molar-refractivity contribution in [2.45, 2.75) is 25.8 Å². The van der Waals surface area contributed by atoms with Crippen LogP contribution in [0.3, 0.4) is 0 Å². The molecule has 0 aliphatic carbocycles. The lowest BCUT2D eigenvalue weighted by atomic mass is 10.1. The van der Waals surface area contributed by atoms with E-state index < -0.39 is 0 Å². The molecule has 1 N–H and O–H groups in total. The zero-order chi connectivity index (χ0) is 23.7. The quantitative estimate of drug-likeness (QED) is 0.590. The number of nitrogens with one attached hydrogen (secondary N) is 1. The van der Waals surface area contributed by atoms with Gasteiger partial charge in [-0.15, -0.1) is 0 Å². The topological polar surface area (TPSA) is 75.5 Å². The molecule has 178 valence electrons. The number of imidazole rings is 1. The van der Waals surface area contributed by atoms with Crippen molar-refractivity contribution in [3.05, 3.63) is 54.1 Å². The van der Waals surface area contributed by atoms with E-state index in [1.165, 1.54) is 6.07 Å². The van der Waals surface area contributed by atoms with Crippen LogP contribution in [0.1, 0.15) is 36.2 Å². The Morgan fingerprint density at radius 1 is 1.18 bits per heavy atom. The van der Waals surface area contributed by atoms with Crippen molar-refractivity contribution in [1.29, 1.82) is 0 Å². The van der Waals surface area contributed by atoms with Gasteiger partial charge >= 0.3 is 0 Å². The van der Waals surface area contributed by atoms with Crippen LogP contribution in [0.2, 0.25) is 0 Å². The van der Waals surface area contributed by atoms with Crippen LogP contribution in [0.15, 0.2) is 42.7 Å². The number of rotatable bonds is 1. The average molecular weight is 465 g/mol. The van der Waals surface area contributed by atoms with Crippen LogP contribution in [0.25, 0.3) is 11.5 Å². The zero-order valence-corrected chi connectivity index (χ0v) is 19.5. The van der Waals surface area contributed by atoms with Gasteiger partial charge in [-0.2, -0.15) is 0 Å². The molecule has 0 saturated carbocycles. The molecule has 34 heavy (non-hydrogen) atoms. The largest absolute Gasteiger partial charge is 0.493 e. The van der Waals surface area contributed by atoms with Crippen molar-refractivity contribution in [3.8, 4) is 17.3 Å². The number of anilines is 2. The molecule has 1 amide bonds. The van der Waals surface area contributed by atoms with Crippen molar-refractivity contribution < 1.29 is 13.9 Å². The van der Waals surface area contributed by atoms with E-state index in [1.807, 2.05) is 30.3 Å². The predicted octanol–water partition coefficient (Wildman–Crippen LogP) is 3.82. The highest BCUT2D eigenvalue weighted by atomic mass is 19.1. The van der Waals surface area contributed by atoms with Gasteiger partial charge in [0.2, 0.25) is 0 Å². The van der Waals surface area contributed by atoms with Gasteiger partial charge < -0.3 is 24.4 Å². The monoisotopic (exact) mass is 464 g/mol. The number of carbonyl (C=O) groups is 1. The van der Waals surface area contributed by atoms with Crippen molar-refractivity contribution in [2.75, 3.05) is 50.1 Å². The van der Waals surface area contributed by atoms with Crippen molar-refractivity contribution in [1.82, 2.24) is 19.4 Å². The van der Waals surface area contributed by atoms with Gasteiger partial charge in [-0.1, -0.05) is 6.07 Å². The summed E-state index contributed by atoms with van der Waals surface area (Å²) < 4.78 is 23.2. The van der Waals surface area contributed by atoms with Gasteiger partial charge in [-0.3, -0.25) is 4.79 Å². The van der Waals surface area contributed by atoms with E-state index in [-0.39, 0.29) is 23.5 Å². The molecule has 5 rings (SSSR count). The number of hydrogen-bond acceptors (Lipinski definition) is 6. The molecule has 3 aromatic rings. The van der Waals surface area contributed by atoms with Gasteiger partial charge in [0.1, 0.15) is 23.1 Å². The van der Waals surface area contributed by atoms with Crippen molar-refractivity contribution in [2.24, 2.45) is 0 Å². The Balaban J connectivity index is 1.52. The van der Waals surface area contributed by atoms with Crippen LogP contribution in [0.4, 0.5) is 15.9 Å². The second kappa shape index (κ2) is 9.42. The molecule has 1 atom stereocenters. The Labute approximate surface area is 198 Å². The number of nitrogens with zero attached hydrogens (tertiary/aromatic N) is 5. The van der Waals surface area contributed by atoms with Gasteiger partial charge in [0.15, 0.2) is 5.82 Å². The summed E-state index contributed by atoms with van der Waals surface area (Å²) in [5.41, 5.74) is 1.40. The van der Waals surface area contributed by atoms with E-state index in [9.17, 15) is 4.79 Å². The summed E-state index contributed by atoms with van der Waals surface area (Å²) >= 11 is 0. The fourth-order valence-electron chi connectivity index (χ4n) is 4.51. The molecule has 1 aromatic carbocycles. The number of hydrogen-bond donors (Lipinski definition) is 1. The van der Waals surface area contributed by atoms with Gasteiger partial charge in [0.25, 0.3) is 5.91 Å². The zero-order valence-electron chi connectivity index (χ0n) is 19.5. The van der Waals surface area contributed by atoms with E-state index in [0.717, 1.165) is 31.8 Å². The SMILES string of the molecule is C[C@H]1CCCOc2cc(F)c(N3CCN(C)CC3)cc2C(=O)Nc2cccc(n2)-c2nccn21. The Morgan fingerprint density at radius 2 is 2.00 bits per heavy atom. The van der Waals surface area contributed by atoms with Crippen molar-refractivity contribution in [3.63, 3.8) is 0 Å². The number of pyridine rings is 1. The Hall–Kier alpha value is -3.46. The highest BCUT2D eigenvalue weighted by Crippen LogP contribution is 2.31. The van der Waals surface area contributed by atoms with Crippen molar-refractivity contribution >= 4 is 17.4 Å². The summed E-state index contributed by atoms with van der Waals surface area (Å²) in [6.45, 7) is 5.57. The number of ether oxygens (including phenoxy) is 1. The first-order valence-electron chi connectivity index (χ1n) is 11.7. The van der Waals surface area contributed by atoms with Gasteiger partial charge in [-0.25, -0.2) is 14.4 Å². The van der Waals surface area contributed by atoms with E-state index in [1.54, 1.807) is 18.3 Å². The molecule has 2 aromatic heterocycles. The molecule has 2 aliphatic rings. The second-order valence-electron chi connectivity index (χ2n) is 8.95. The van der Waals surface area contributed by atoms with Gasteiger partial charge in [0.05, 0.1) is 17.9 Å². The number of aromatic nitrogens is 3. The Bertz CT molecular complexity index is 1190. The highest BCUT2D eigenvalue weighted by molar-refractivity contribution is 6.06. The van der Waals surface area contributed by atoms with Crippen LogP contribution in [-0.2, 0) is 0 Å². The van der Waals surface area contributed by atoms with Crippen LogP contribution in [0.5, 0.6) is 5.75 Å². The van der Waals surface area contributed by atoms with E-state index in [4.69, 9.17) is 4.74 Å². The molecule has 2 bridgehead atoms. The summed E-state index contributed by atoms with van der Waals surface area (Å²) in [6.07, 6.45) is 5.28.